The van der Waals surface area contributed by atoms with E-state index in [0.29, 0.717) is 0 Å². The quantitative estimate of drug-likeness (QED) is 0.824. The van der Waals surface area contributed by atoms with Crippen LogP contribution in [0.1, 0.15) is 43.0 Å². The Labute approximate surface area is 137 Å². The summed E-state index contributed by atoms with van der Waals surface area (Å²) in [7, 11) is 1.62. The molecule has 122 valence electrons. The Kier molecular flexibility index (Phi) is 6.18. The summed E-state index contributed by atoms with van der Waals surface area (Å²) in [6.45, 7) is 2.02. The molecule has 0 fully saturated rings. The van der Waals surface area contributed by atoms with E-state index in [-0.39, 0.29) is 18.4 Å². The number of nitrogens with one attached hydrogen (secondary N) is 1. The number of amides is 1. The van der Waals surface area contributed by atoms with Gasteiger partial charge in [0.2, 0.25) is 5.91 Å². The van der Waals surface area contributed by atoms with Crippen molar-refractivity contribution in [2.75, 3.05) is 7.11 Å². The second-order valence-electron chi connectivity index (χ2n) is 5.43. The van der Waals surface area contributed by atoms with E-state index in [9.17, 15) is 9.90 Å². The molecule has 0 aromatic heterocycles. The molecule has 0 aliphatic heterocycles. The van der Waals surface area contributed by atoms with Gasteiger partial charge in [-0.25, -0.2) is 0 Å². The van der Waals surface area contributed by atoms with Crippen molar-refractivity contribution < 1.29 is 14.6 Å². The molecule has 0 saturated heterocycles. The molecule has 2 rings (SSSR count). The molecule has 4 heteroatoms. The molecule has 23 heavy (non-hydrogen) atoms. The average molecular weight is 313 g/mol. The number of rotatable bonds is 7. The smallest absolute Gasteiger partial charge is 0.223 e. The summed E-state index contributed by atoms with van der Waals surface area (Å²) in [5.74, 6) is 0.624. The summed E-state index contributed by atoms with van der Waals surface area (Å²) in [5, 5.41) is 13.1. The molecule has 0 aliphatic carbocycles. The Balaban J connectivity index is 1.96. The van der Waals surface area contributed by atoms with Crippen molar-refractivity contribution in [3.05, 3.63) is 65.7 Å². The van der Waals surface area contributed by atoms with E-state index in [1.165, 1.54) is 0 Å². The van der Waals surface area contributed by atoms with Crippen LogP contribution in [0.5, 0.6) is 5.75 Å². The van der Waals surface area contributed by atoms with E-state index in [4.69, 9.17) is 4.74 Å². The van der Waals surface area contributed by atoms with Gasteiger partial charge in [0.1, 0.15) is 5.75 Å². The maximum Gasteiger partial charge on any atom is 0.223 e. The van der Waals surface area contributed by atoms with E-state index in [0.717, 1.165) is 23.3 Å². The highest BCUT2D eigenvalue weighted by atomic mass is 16.5. The Morgan fingerprint density at radius 1 is 1.09 bits per heavy atom. The number of ether oxygens (including phenoxy) is 1. The molecular weight excluding hydrogens is 290 g/mol. The first-order valence-electron chi connectivity index (χ1n) is 7.80. The van der Waals surface area contributed by atoms with Gasteiger partial charge in [0.25, 0.3) is 0 Å². The van der Waals surface area contributed by atoms with E-state index < -0.39 is 6.10 Å². The first-order valence-corrected chi connectivity index (χ1v) is 7.80. The van der Waals surface area contributed by atoms with Gasteiger partial charge in [-0.05, 0) is 29.7 Å². The third-order valence-electron chi connectivity index (χ3n) is 3.82. The van der Waals surface area contributed by atoms with Gasteiger partial charge < -0.3 is 15.2 Å². The molecule has 0 bridgehead atoms. The van der Waals surface area contributed by atoms with Crippen LogP contribution in [0.4, 0.5) is 0 Å². The zero-order valence-electron chi connectivity index (χ0n) is 13.5. The minimum absolute atomic E-state index is 0.0523. The van der Waals surface area contributed by atoms with Gasteiger partial charge in [0.15, 0.2) is 0 Å². The molecule has 2 aromatic carbocycles. The van der Waals surface area contributed by atoms with Crippen molar-refractivity contribution in [3.63, 3.8) is 0 Å². The van der Waals surface area contributed by atoms with E-state index in [1.54, 1.807) is 7.11 Å². The van der Waals surface area contributed by atoms with Gasteiger partial charge in [0.05, 0.1) is 25.7 Å². The molecule has 2 atom stereocenters. The lowest BCUT2D eigenvalue weighted by Gasteiger charge is -2.19. The summed E-state index contributed by atoms with van der Waals surface area (Å²) in [6, 6.07) is 16.8. The van der Waals surface area contributed by atoms with Gasteiger partial charge in [-0.15, -0.1) is 0 Å². The number of hydrogen-bond acceptors (Lipinski definition) is 3. The van der Waals surface area contributed by atoms with E-state index in [2.05, 4.69) is 5.32 Å². The topological polar surface area (TPSA) is 58.6 Å². The standard InChI is InChI=1S/C19H23NO3/c1-3-17(14-9-11-16(23-2)12-10-14)20-19(22)13-18(21)15-7-5-4-6-8-15/h4-12,17-18,21H,3,13H2,1-2H3,(H,20,22). The van der Waals surface area contributed by atoms with Crippen LogP contribution in [0, 0.1) is 0 Å². The molecule has 4 nitrogen and oxygen atoms in total. The summed E-state index contributed by atoms with van der Waals surface area (Å²) < 4.78 is 5.14. The zero-order chi connectivity index (χ0) is 16.7. The highest BCUT2D eigenvalue weighted by Crippen LogP contribution is 2.21. The number of carbonyl (C=O) groups is 1. The van der Waals surface area contributed by atoms with Crippen molar-refractivity contribution in [2.45, 2.75) is 31.9 Å². The van der Waals surface area contributed by atoms with Crippen molar-refractivity contribution >= 4 is 5.91 Å². The largest absolute Gasteiger partial charge is 0.497 e. The Bertz CT molecular complexity index is 610. The normalized spacial score (nSPS) is 13.2. The average Bonchev–Trinajstić information content (AvgIpc) is 2.60. The fourth-order valence-corrected chi connectivity index (χ4v) is 2.48. The van der Waals surface area contributed by atoms with Crippen LogP contribution in [0.3, 0.4) is 0 Å². The maximum absolute atomic E-state index is 12.2. The first-order chi connectivity index (χ1) is 11.1. The maximum atomic E-state index is 12.2. The van der Waals surface area contributed by atoms with Gasteiger partial charge >= 0.3 is 0 Å². The molecule has 1 amide bonds. The fourth-order valence-electron chi connectivity index (χ4n) is 2.48. The molecule has 0 saturated carbocycles. The lowest BCUT2D eigenvalue weighted by atomic mass is 10.0. The number of carbonyl (C=O) groups excluding carboxylic acids is 1. The summed E-state index contributed by atoms with van der Waals surface area (Å²) >= 11 is 0. The second kappa shape index (κ2) is 8.34. The zero-order valence-corrected chi connectivity index (χ0v) is 13.5. The molecule has 0 aliphatic rings. The van der Waals surface area contributed by atoms with Crippen LogP contribution in [-0.4, -0.2) is 18.1 Å². The van der Waals surface area contributed by atoms with Gasteiger partial charge in [-0.2, -0.15) is 0 Å². The molecule has 0 radical (unpaired) electrons. The van der Waals surface area contributed by atoms with Crippen LogP contribution >= 0.6 is 0 Å². The number of benzene rings is 2. The third kappa shape index (κ3) is 4.83. The third-order valence-corrected chi connectivity index (χ3v) is 3.82. The van der Waals surface area contributed by atoms with Crippen LogP contribution in [0.2, 0.25) is 0 Å². The predicted molar refractivity (Wildman–Crippen MR) is 90.2 cm³/mol. The first kappa shape index (κ1) is 17.0. The van der Waals surface area contributed by atoms with Crippen LogP contribution in [-0.2, 0) is 4.79 Å². The highest BCUT2D eigenvalue weighted by Gasteiger charge is 2.17. The summed E-state index contributed by atoms with van der Waals surface area (Å²) in [4.78, 5) is 12.2. The van der Waals surface area contributed by atoms with Crippen LogP contribution in [0.25, 0.3) is 0 Å². The minimum atomic E-state index is -0.787. The molecule has 2 aromatic rings. The molecule has 2 N–H and O–H groups in total. The highest BCUT2D eigenvalue weighted by molar-refractivity contribution is 5.77. The monoisotopic (exact) mass is 313 g/mol. The SMILES string of the molecule is CCC(NC(=O)CC(O)c1ccccc1)c1ccc(OC)cc1. The minimum Gasteiger partial charge on any atom is -0.497 e. The summed E-state index contributed by atoms with van der Waals surface area (Å²) in [6.07, 6.45) is 0.0421. The fraction of sp³-hybridized carbons (Fsp3) is 0.316. The van der Waals surface area contributed by atoms with Gasteiger partial charge in [-0.1, -0.05) is 49.4 Å². The van der Waals surface area contributed by atoms with E-state index in [1.807, 2.05) is 61.5 Å². The lowest BCUT2D eigenvalue weighted by molar-refractivity contribution is -0.123. The Hall–Kier alpha value is -2.33. The molecular formula is C19H23NO3. The van der Waals surface area contributed by atoms with Gasteiger partial charge in [0, 0.05) is 0 Å². The molecule has 0 heterocycles. The van der Waals surface area contributed by atoms with Gasteiger partial charge in [-0.3, -0.25) is 4.79 Å². The van der Waals surface area contributed by atoms with E-state index >= 15 is 0 Å². The molecule has 0 spiro atoms. The van der Waals surface area contributed by atoms with Crippen molar-refractivity contribution in [1.29, 1.82) is 0 Å². The van der Waals surface area contributed by atoms with Crippen molar-refractivity contribution in [3.8, 4) is 5.75 Å². The van der Waals surface area contributed by atoms with Crippen LogP contribution in [0.15, 0.2) is 54.6 Å². The molecule has 2 unspecified atom stereocenters. The number of methoxy groups -OCH3 is 1. The number of aliphatic hydroxyl groups is 1. The van der Waals surface area contributed by atoms with Crippen molar-refractivity contribution in [2.24, 2.45) is 0 Å². The van der Waals surface area contributed by atoms with Crippen LogP contribution < -0.4 is 10.1 Å². The number of hydrogen-bond donors (Lipinski definition) is 2. The second-order valence-corrected chi connectivity index (χ2v) is 5.43. The Morgan fingerprint density at radius 2 is 1.74 bits per heavy atom. The summed E-state index contributed by atoms with van der Waals surface area (Å²) in [5.41, 5.74) is 1.77. The number of aliphatic hydroxyl groups excluding tert-OH is 1. The lowest BCUT2D eigenvalue weighted by Crippen LogP contribution is -2.29. The predicted octanol–water partition coefficient (Wildman–Crippen LogP) is 3.39. The van der Waals surface area contributed by atoms with Crippen molar-refractivity contribution in [1.82, 2.24) is 5.32 Å². The Morgan fingerprint density at radius 3 is 2.30 bits per heavy atom.